The summed E-state index contributed by atoms with van der Waals surface area (Å²) in [6, 6.07) is 0. The van der Waals surface area contributed by atoms with E-state index in [9.17, 15) is 0 Å². The van der Waals surface area contributed by atoms with Crippen LogP contribution >= 0.6 is 0 Å². The molecular weight excluding hydrogens is 134 g/mol. The van der Waals surface area contributed by atoms with Gasteiger partial charge in [0.05, 0.1) is 5.71 Å². The highest BCUT2D eigenvalue weighted by molar-refractivity contribution is 6.11. The van der Waals surface area contributed by atoms with Gasteiger partial charge < -0.3 is 0 Å². The smallest absolute Gasteiger partial charge is 0.0639 e. The summed E-state index contributed by atoms with van der Waals surface area (Å²) in [6.07, 6.45) is 11.4. The second kappa shape index (κ2) is 3.91. The van der Waals surface area contributed by atoms with E-state index in [-0.39, 0.29) is 0 Å². The molecule has 1 nitrogen and oxygen atoms in total. The predicted molar refractivity (Wildman–Crippen MR) is 50.0 cm³/mol. The van der Waals surface area contributed by atoms with Crippen molar-refractivity contribution >= 4 is 5.71 Å². The third-order valence-electron chi connectivity index (χ3n) is 1.60. The van der Waals surface area contributed by atoms with Crippen molar-refractivity contribution < 1.29 is 0 Å². The summed E-state index contributed by atoms with van der Waals surface area (Å²) in [5.41, 5.74) is 2.31. The molecule has 0 atom stereocenters. The van der Waals surface area contributed by atoms with E-state index in [1.165, 1.54) is 5.57 Å². The molecule has 0 amide bonds. The average Bonchev–Trinajstić information content (AvgIpc) is 2.06. The molecule has 1 aliphatic rings. The predicted octanol–water partition coefficient (Wildman–Crippen LogP) is 2.52. The van der Waals surface area contributed by atoms with Gasteiger partial charge in [-0.3, -0.25) is 4.99 Å². The zero-order valence-corrected chi connectivity index (χ0v) is 7.04. The summed E-state index contributed by atoms with van der Waals surface area (Å²) >= 11 is 0. The summed E-state index contributed by atoms with van der Waals surface area (Å²) in [4.78, 5) is 4.16. The van der Waals surface area contributed by atoms with E-state index in [0.29, 0.717) is 0 Å². The number of nitrogens with zero attached hydrogens (tertiary/aromatic N) is 1. The highest BCUT2D eigenvalue weighted by atomic mass is 14.7. The van der Waals surface area contributed by atoms with Crippen molar-refractivity contribution in [3.8, 4) is 0 Å². The Balaban J connectivity index is 2.88. The zero-order valence-electron chi connectivity index (χ0n) is 7.04. The molecule has 0 aromatic carbocycles. The molecule has 1 aliphatic carbocycles. The molecule has 0 fully saturated rings. The molecule has 0 bridgehead atoms. The van der Waals surface area contributed by atoms with Crippen LogP contribution in [0.2, 0.25) is 0 Å². The minimum Gasteiger partial charge on any atom is -0.288 e. The molecule has 0 N–H and O–H groups in total. The molecule has 0 aromatic rings. The van der Waals surface area contributed by atoms with Gasteiger partial charge >= 0.3 is 0 Å². The van der Waals surface area contributed by atoms with Crippen LogP contribution in [0.1, 0.15) is 13.3 Å². The van der Waals surface area contributed by atoms with Gasteiger partial charge in [-0.2, -0.15) is 0 Å². The third kappa shape index (κ3) is 1.90. The highest BCUT2D eigenvalue weighted by Gasteiger charge is 2.00. The zero-order chi connectivity index (χ0) is 8.10. The molecule has 0 radical (unpaired) electrons. The van der Waals surface area contributed by atoms with E-state index in [1.807, 2.05) is 25.3 Å². The lowest BCUT2D eigenvalue weighted by Crippen LogP contribution is -1.99. The van der Waals surface area contributed by atoms with E-state index in [2.05, 4.69) is 24.1 Å². The molecule has 0 aromatic heterocycles. The molecule has 0 saturated carbocycles. The van der Waals surface area contributed by atoms with Gasteiger partial charge in [0.1, 0.15) is 0 Å². The van der Waals surface area contributed by atoms with Gasteiger partial charge in [-0.1, -0.05) is 31.2 Å². The van der Waals surface area contributed by atoms with E-state index >= 15 is 0 Å². The monoisotopic (exact) mass is 147 g/mol. The molecule has 0 saturated heterocycles. The van der Waals surface area contributed by atoms with Gasteiger partial charge in [0, 0.05) is 7.05 Å². The van der Waals surface area contributed by atoms with Crippen LogP contribution in [0.3, 0.4) is 0 Å². The Hall–Kier alpha value is -1.11. The molecule has 11 heavy (non-hydrogen) atoms. The first-order valence-corrected chi connectivity index (χ1v) is 3.90. The fraction of sp³-hybridized carbons (Fsp3) is 0.300. The van der Waals surface area contributed by atoms with Crippen LogP contribution in [0.5, 0.6) is 0 Å². The molecule has 0 spiro atoms. The fourth-order valence-electron chi connectivity index (χ4n) is 1.08. The van der Waals surface area contributed by atoms with Crippen LogP contribution in [-0.4, -0.2) is 12.8 Å². The Kier molecular flexibility index (Phi) is 2.84. The molecule has 1 heteroatoms. The van der Waals surface area contributed by atoms with Crippen molar-refractivity contribution in [2.75, 3.05) is 7.05 Å². The summed E-state index contributed by atoms with van der Waals surface area (Å²) in [6.45, 7) is 2.13. The lowest BCUT2D eigenvalue weighted by molar-refractivity contribution is 1.21. The van der Waals surface area contributed by atoms with Crippen molar-refractivity contribution in [3.63, 3.8) is 0 Å². The number of aliphatic imine (C=N–C) groups is 1. The van der Waals surface area contributed by atoms with Crippen molar-refractivity contribution in [1.82, 2.24) is 0 Å². The van der Waals surface area contributed by atoms with Crippen LogP contribution in [0.15, 0.2) is 40.9 Å². The quantitative estimate of drug-likeness (QED) is 0.540. The maximum Gasteiger partial charge on any atom is 0.0639 e. The summed E-state index contributed by atoms with van der Waals surface area (Å²) < 4.78 is 0. The van der Waals surface area contributed by atoms with Crippen LogP contribution < -0.4 is 0 Å². The first-order valence-electron chi connectivity index (χ1n) is 3.90. The van der Waals surface area contributed by atoms with Crippen molar-refractivity contribution in [2.45, 2.75) is 13.3 Å². The Morgan fingerprint density at radius 3 is 2.73 bits per heavy atom. The van der Waals surface area contributed by atoms with Crippen LogP contribution in [-0.2, 0) is 0 Å². The van der Waals surface area contributed by atoms with Crippen LogP contribution in [0.4, 0.5) is 0 Å². The first kappa shape index (κ1) is 7.99. The molecule has 0 heterocycles. The molecule has 0 unspecified atom stereocenters. The van der Waals surface area contributed by atoms with Gasteiger partial charge in [0.15, 0.2) is 0 Å². The Morgan fingerprint density at radius 1 is 1.36 bits per heavy atom. The maximum absolute atomic E-state index is 4.16. The number of rotatable bonds is 1. The second-order valence-corrected chi connectivity index (χ2v) is 2.39. The molecular formula is C10H13N. The largest absolute Gasteiger partial charge is 0.288 e. The highest BCUT2D eigenvalue weighted by Crippen LogP contribution is 2.08. The molecule has 1 rings (SSSR count). The second-order valence-electron chi connectivity index (χ2n) is 2.39. The summed E-state index contributed by atoms with van der Waals surface area (Å²) in [5.74, 6) is 0. The van der Waals surface area contributed by atoms with Gasteiger partial charge in [-0.15, -0.1) is 0 Å². The summed E-state index contributed by atoms with van der Waals surface area (Å²) in [7, 11) is 1.82. The van der Waals surface area contributed by atoms with Crippen molar-refractivity contribution in [1.29, 1.82) is 0 Å². The van der Waals surface area contributed by atoms with E-state index < -0.39 is 0 Å². The Labute approximate surface area is 67.8 Å². The van der Waals surface area contributed by atoms with Gasteiger partial charge in [0.2, 0.25) is 0 Å². The number of hydrogen-bond donors (Lipinski definition) is 0. The number of allylic oxidation sites excluding steroid dienone is 6. The minimum atomic E-state index is 1.06. The van der Waals surface area contributed by atoms with Crippen molar-refractivity contribution in [2.24, 2.45) is 4.99 Å². The van der Waals surface area contributed by atoms with E-state index in [4.69, 9.17) is 0 Å². The third-order valence-corrected chi connectivity index (χ3v) is 1.60. The lowest BCUT2D eigenvalue weighted by Gasteiger charge is -2.04. The standard InChI is InChI=1S/C10H13N/c1-3-6-9-7-4-5-8-10(9)11-2/h4-8H,3H2,1-2H3/b9-6-,11-10?. The van der Waals surface area contributed by atoms with Gasteiger partial charge in [0.25, 0.3) is 0 Å². The Morgan fingerprint density at radius 2 is 2.09 bits per heavy atom. The molecule has 0 aliphatic heterocycles. The van der Waals surface area contributed by atoms with Gasteiger partial charge in [-0.05, 0) is 18.1 Å². The molecule has 58 valence electrons. The summed E-state index contributed by atoms with van der Waals surface area (Å²) in [5, 5.41) is 0. The van der Waals surface area contributed by atoms with Crippen LogP contribution in [0, 0.1) is 0 Å². The fourth-order valence-corrected chi connectivity index (χ4v) is 1.08. The topological polar surface area (TPSA) is 12.4 Å². The SMILES string of the molecule is CC/C=C1/C=CC=CC1=NC. The normalized spacial score (nSPS) is 23.5. The van der Waals surface area contributed by atoms with Crippen LogP contribution in [0.25, 0.3) is 0 Å². The maximum atomic E-state index is 4.16. The lowest BCUT2D eigenvalue weighted by atomic mass is 10.0. The number of hydrogen-bond acceptors (Lipinski definition) is 1. The van der Waals surface area contributed by atoms with Gasteiger partial charge in [-0.25, -0.2) is 0 Å². The van der Waals surface area contributed by atoms with E-state index in [0.717, 1.165) is 12.1 Å². The van der Waals surface area contributed by atoms with E-state index in [1.54, 1.807) is 0 Å². The first-order chi connectivity index (χ1) is 5.38. The minimum absolute atomic E-state index is 1.06. The average molecular weight is 147 g/mol. The van der Waals surface area contributed by atoms with Crippen molar-refractivity contribution in [3.05, 3.63) is 36.0 Å². The Bertz CT molecular complexity index is 242.